The van der Waals surface area contributed by atoms with Crippen LogP contribution < -0.4 is 4.74 Å². The summed E-state index contributed by atoms with van der Waals surface area (Å²) in [6, 6.07) is 19.0. The molecule has 0 saturated carbocycles. The van der Waals surface area contributed by atoms with Gasteiger partial charge in [0.2, 0.25) is 0 Å². The molecule has 0 amide bonds. The summed E-state index contributed by atoms with van der Waals surface area (Å²) in [7, 11) is 0. The highest BCUT2D eigenvalue weighted by Gasteiger charge is 2.09. The minimum absolute atomic E-state index is 0.171. The van der Waals surface area contributed by atoms with Gasteiger partial charge in [0, 0.05) is 6.42 Å². The molecule has 2 atom stereocenters. The second kappa shape index (κ2) is 10.1. The largest absolute Gasteiger partial charge is 0.465 e. The molecule has 2 nitrogen and oxygen atoms in total. The van der Waals surface area contributed by atoms with E-state index in [0.29, 0.717) is 5.92 Å². The molecule has 2 unspecified atom stereocenters. The fourth-order valence-electron chi connectivity index (χ4n) is 2.63. The zero-order valence-electron chi connectivity index (χ0n) is 15.2. The van der Waals surface area contributed by atoms with Crippen LogP contribution in [-0.2, 0) is 11.2 Å². The maximum absolute atomic E-state index is 5.96. The summed E-state index contributed by atoms with van der Waals surface area (Å²) < 4.78 is 11.9. The molecule has 24 heavy (non-hydrogen) atoms. The van der Waals surface area contributed by atoms with Crippen LogP contribution >= 0.6 is 0 Å². The van der Waals surface area contributed by atoms with Crippen LogP contribution in [0.2, 0.25) is 0 Å². The number of rotatable bonds is 10. The van der Waals surface area contributed by atoms with Gasteiger partial charge in [-0.3, -0.25) is 0 Å². The Kier molecular flexibility index (Phi) is 7.84. The van der Waals surface area contributed by atoms with Crippen LogP contribution in [0, 0.1) is 0 Å². The minimum atomic E-state index is -0.171. The van der Waals surface area contributed by atoms with Crippen LogP contribution in [0.15, 0.2) is 54.6 Å². The number of hydrogen-bond acceptors (Lipinski definition) is 2. The fraction of sp³-hybridized carbons (Fsp3) is 0.455. The van der Waals surface area contributed by atoms with Crippen LogP contribution in [-0.4, -0.2) is 12.9 Å². The summed E-state index contributed by atoms with van der Waals surface area (Å²) in [4.78, 5) is 0. The van der Waals surface area contributed by atoms with E-state index in [4.69, 9.17) is 9.47 Å². The van der Waals surface area contributed by atoms with E-state index in [1.54, 1.807) is 0 Å². The predicted octanol–water partition coefficient (Wildman–Crippen LogP) is 5.96. The molecule has 2 aromatic carbocycles. The second-order valence-electron chi connectivity index (χ2n) is 6.29. The average Bonchev–Trinajstić information content (AvgIpc) is 2.65. The van der Waals surface area contributed by atoms with Gasteiger partial charge in [-0.15, -0.1) is 0 Å². The molecule has 0 heterocycles. The van der Waals surface area contributed by atoms with Crippen molar-refractivity contribution in [1.82, 2.24) is 0 Å². The normalized spacial score (nSPS) is 13.5. The summed E-state index contributed by atoms with van der Waals surface area (Å²) in [5, 5.41) is 0. The Labute approximate surface area is 146 Å². The molecule has 0 aliphatic carbocycles. The summed E-state index contributed by atoms with van der Waals surface area (Å²) in [5.41, 5.74) is 2.72. The van der Waals surface area contributed by atoms with Crippen molar-refractivity contribution in [3.05, 3.63) is 65.7 Å². The zero-order valence-corrected chi connectivity index (χ0v) is 15.2. The molecule has 0 N–H and O–H groups in total. The maximum Gasteiger partial charge on any atom is 0.199 e. The topological polar surface area (TPSA) is 18.5 Å². The van der Waals surface area contributed by atoms with Gasteiger partial charge in [-0.1, -0.05) is 63.2 Å². The lowest BCUT2D eigenvalue weighted by Gasteiger charge is -2.19. The Bertz CT molecular complexity index is 562. The first kappa shape index (κ1) is 18.5. The van der Waals surface area contributed by atoms with Gasteiger partial charge < -0.3 is 9.47 Å². The molecule has 0 aromatic heterocycles. The SMILES string of the molecule is CCC(OCCCc1ccccc1)Oc1ccc(C(C)CC)cc1. The van der Waals surface area contributed by atoms with E-state index >= 15 is 0 Å². The van der Waals surface area contributed by atoms with Crippen molar-refractivity contribution in [3.63, 3.8) is 0 Å². The van der Waals surface area contributed by atoms with Crippen LogP contribution in [0.3, 0.4) is 0 Å². The van der Waals surface area contributed by atoms with Crippen molar-refractivity contribution >= 4 is 0 Å². The van der Waals surface area contributed by atoms with E-state index in [1.807, 2.05) is 6.07 Å². The van der Waals surface area contributed by atoms with Crippen molar-refractivity contribution in [1.29, 1.82) is 0 Å². The molecule has 2 heteroatoms. The minimum Gasteiger partial charge on any atom is -0.465 e. The lowest BCUT2D eigenvalue weighted by atomic mass is 9.99. The van der Waals surface area contributed by atoms with Crippen molar-refractivity contribution in [2.24, 2.45) is 0 Å². The maximum atomic E-state index is 5.96. The summed E-state index contributed by atoms with van der Waals surface area (Å²) in [5.74, 6) is 1.48. The Hall–Kier alpha value is -1.80. The quantitative estimate of drug-likeness (QED) is 0.396. The Morgan fingerprint density at radius 2 is 1.58 bits per heavy atom. The van der Waals surface area contributed by atoms with E-state index in [9.17, 15) is 0 Å². The number of benzene rings is 2. The molecule has 0 saturated heterocycles. The van der Waals surface area contributed by atoms with Crippen LogP contribution in [0.4, 0.5) is 0 Å². The Morgan fingerprint density at radius 3 is 2.21 bits per heavy atom. The molecular formula is C22H30O2. The van der Waals surface area contributed by atoms with Gasteiger partial charge in [0.05, 0.1) is 6.61 Å². The predicted molar refractivity (Wildman–Crippen MR) is 101 cm³/mol. The number of ether oxygens (including phenoxy) is 2. The molecule has 0 spiro atoms. The summed E-state index contributed by atoms with van der Waals surface area (Å²) >= 11 is 0. The zero-order chi connectivity index (χ0) is 17.2. The lowest BCUT2D eigenvalue weighted by molar-refractivity contribution is -0.0821. The second-order valence-corrected chi connectivity index (χ2v) is 6.29. The third-order valence-electron chi connectivity index (χ3n) is 4.42. The number of hydrogen-bond donors (Lipinski definition) is 0. The molecule has 0 aliphatic rings. The van der Waals surface area contributed by atoms with Gasteiger partial charge in [-0.2, -0.15) is 0 Å². The molecule has 0 fully saturated rings. The third kappa shape index (κ3) is 6.01. The first-order valence-electron chi connectivity index (χ1n) is 9.15. The van der Waals surface area contributed by atoms with Crippen molar-refractivity contribution in [2.45, 2.75) is 58.7 Å². The molecule has 0 radical (unpaired) electrons. The van der Waals surface area contributed by atoms with E-state index in [0.717, 1.165) is 38.0 Å². The molecule has 2 aromatic rings. The van der Waals surface area contributed by atoms with Gasteiger partial charge in [-0.25, -0.2) is 0 Å². The van der Waals surface area contributed by atoms with E-state index in [2.05, 4.69) is 69.3 Å². The molecule has 0 aliphatic heterocycles. The molecular weight excluding hydrogens is 296 g/mol. The fourth-order valence-corrected chi connectivity index (χ4v) is 2.63. The van der Waals surface area contributed by atoms with Crippen molar-refractivity contribution < 1.29 is 9.47 Å². The first-order chi connectivity index (χ1) is 11.7. The highest BCUT2D eigenvalue weighted by atomic mass is 16.7. The van der Waals surface area contributed by atoms with E-state index in [-0.39, 0.29) is 6.29 Å². The monoisotopic (exact) mass is 326 g/mol. The Morgan fingerprint density at radius 1 is 0.875 bits per heavy atom. The van der Waals surface area contributed by atoms with E-state index < -0.39 is 0 Å². The highest BCUT2D eigenvalue weighted by Crippen LogP contribution is 2.22. The summed E-state index contributed by atoms with van der Waals surface area (Å²) in [6.45, 7) is 7.28. The van der Waals surface area contributed by atoms with Gasteiger partial charge in [0.15, 0.2) is 6.29 Å². The van der Waals surface area contributed by atoms with Crippen LogP contribution in [0.25, 0.3) is 0 Å². The standard InChI is InChI=1S/C22H30O2/c1-4-18(3)20-13-15-21(16-14-20)24-22(5-2)23-17-9-12-19-10-7-6-8-11-19/h6-8,10-11,13-16,18,22H,4-5,9,12,17H2,1-3H3. The first-order valence-corrected chi connectivity index (χ1v) is 9.15. The lowest BCUT2D eigenvalue weighted by Crippen LogP contribution is -2.20. The van der Waals surface area contributed by atoms with Gasteiger partial charge in [0.1, 0.15) is 5.75 Å². The smallest absolute Gasteiger partial charge is 0.199 e. The average molecular weight is 326 g/mol. The van der Waals surface area contributed by atoms with Gasteiger partial charge >= 0.3 is 0 Å². The van der Waals surface area contributed by atoms with Crippen LogP contribution in [0.1, 0.15) is 57.1 Å². The van der Waals surface area contributed by atoms with E-state index in [1.165, 1.54) is 11.1 Å². The van der Waals surface area contributed by atoms with Crippen molar-refractivity contribution in [2.75, 3.05) is 6.61 Å². The molecule has 130 valence electrons. The highest BCUT2D eigenvalue weighted by molar-refractivity contribution is 5.29. The molecule has 2 rings (SSSR count). The molecule has 0 bridgehead atoms. The van der Waals surface area contributed by atoms with Gasteiger partial charge in [-0.05, 0) is 48.4 Å². The third-order valence-corrected chi connectivity index (χ3v) is 4.42. The van der Waals surface area contributed by atoms with Crippen molar-refractivity contribution in [3.8, 4) is 5.75 Å². The van der Waals surface area contributed by atoms with Crippen LogP contribution in [0.5, 0.6) is 5.75 Å². The Balaban J connectivity index is 1.75. The number of aryl methyl sites for hydroxylation is 1. The van der Waals surface area contributed by atoms with Gasteiger partial charge in [0.25, 0.3) is 0 Å². The summed E-state index contributed by atoms with van der Waals surface area (Å²) in [6.07, 6.45) is 3.88.